The summed E-state index contributed by atoms with van der Waals surface area (Å²) in [6, 6.07) is 36.5. The van der Waals surface area contributed by atoms with Gasteiger partial charge in [-0.15, -0.1) is 58.7 Å². The van der Waals surface area contributed by atoms with Crippen molar-refractivity contribution in [1.29, 1.82) is 0 Å². The van der Waals surface area contributed by atoms with Crippen LogP contribution < -0.4 is 0 Å². The van der Waals surface area contributed by atoms with Gasteiger partial charge in [0.1, 0.15) is 0 Å². The molecular weight excluding hydrogens is 875 g/mol. The average molecular weight is 937 g/mol. The van der Waals surface area contributed by atoms with Crippen molar-refractivity contribution in [3.8, 4) is 22.4 Å². The predicted molar refractivity (Wildman–Crippen MR) is 238 cm³/mol. The molecule has 0 aliphatic rings. The van der Waals surface area contributed by atoms with E-state index in [2.05, 4.69) is 22.1 Å². The van der Waals surface area contributed by atoms with E-state index in [1.54, 1.807) is 54.7 Å². The Labute approximate surface area is 367 Å². The fourth-order valence-electron chi connectivity index (χ4n) is 6.26. The van der Waals surface area contributed by atoms with Crippen molar-refractivity contribution in [2.45, 2.75) is 74.9 Å². The van der Waals surface area contributed by atoms with E-state index in [1.165, 1.54) is 12.1 Å². The normalized spacial score (nSPS) is 15.8. The molecule has 0 aliphatic carbocycles. The van der Waals surface area contributed by atoms with Gasteiger partial charge in [0.25, 0.3) is 0 Å². The number of fused-ring (bicyclic) bond motifs is 3. The smallest absolute Gasteiger partial charge is 0.811 e. The van der Waals surface area contributed by atoms with Crippen molar-refractivity contribution in [3.63, 3.8) is 0 Å². The monoisotopic (exact) mass is 937 g/mol. The maximum atomic E-state index is 9.56. The number of rotatable bonds is 8. The maximum absolute atomic E-state index is 9.56. The van der Waals surface area contributed by atoms with Gasteiger partial charge in [-0.3, -0.25) is 0 Å². The molecule has 0 fully saturated rings. The number of hydrogen-bond acceptors (Lipinski definition) is 3. The molecular formula is C52H52IrN3O. The van der Waals surface area contributed by atoms with E-state index in [9.17, 15) is 5.41 Å². The minimum atomic E-state index is -2.33. The quantitative estimate of drug-likeness (QED) is 0.0866. The van der Waals surface area contributed by atoms with Crippen molar-refractivity contribution in [2.24, 2.45) is 10.8 Å². The molecule has 57 heavy (non-hydrogen) atoms. The molecule has 290 valence electrons. The van der Waals surface area contributed by atoms with Crippen LogP contribution in [-0.4, -0.2) is 16.2 Å². The molecule has 0 atom stereocenters. The Bertz CT molecular complexity index is 2920. The summed E-state index contributed by atoms with van der Waals surface area (Å²) in [6.45, 7) is 8.49. The molecule has 7 aromatic rings. The zero-order valence-corrected chi connectivity index (χ0v) is 35.6. The van der Waals surface area contributed by atoms with Crippen LogP contribution in [0.15, 0.2) is 126 Å². The maximum Gasteiger partial charge on any atom is 3.00 e. The summed E-state index contributed by atoms with van der Waals surface area (Å²) in [7, 11) is 0. The van der Waals surface area contributed by atoms with Crippen LogP contribution in [0.2, 0.25) is 0 Å². The Morgan fingerprint density at radius 3 is 2.21 bits per heavy atom. The summed E-state index contributed by atoms with van der Waals surface area (Å²) in [5.41, 5.74) is 6.71. The van der Waals surface area contributed by atoms with Crippen LogP contribution in [0.5, 0.6) is 0 Å². The first-order chi connectivity index (χ1) is 30.6. The number of allylic oxidation sites excluding steroid dienone is 4. The van der Waals surface area contributed by atoms with Crippen molar-refractivity contribution in [3.05, 3.63) is 173 Å². The van der Waals surface area contributed by atoms with Crippen molar-refractivity contribution in [2.75, 3.05) is 0 Å². The average Bonchev–Trinajstić information content (AvgIpc) is 3.64. The molecule has 7 rings (SSSR count). The first-order valence-corrected chi connectivity index (χ1v) is 18.5. The Balaban J connectivity index is 0.000000254. The van der Waals surface area contributed by atoms with Gasteiger partial charge in [-0.05, 0) is 76.1 Å². The van der Waals surface area contributed by atoms with Crippen LogP contribution in [-0.2, 0) is 32.9 Å². The van der Waals surface area contributed by atoms with E-state index in [0.29, 0.717) is 50.1 Å². The molecule has 0 unspecified atom stereocenters. The number of nitrogens with zero attached hydrogens (tertiary/aromatic N) is 3. The Morgan fingerprint density at radius 2 is 1.56 bits per heavy atom. The molecule has 4 aromatic carbocycles. The molecule has 0 radical (unpaired) electrons. The second-order valence-electron chi connectivity index (χ2n) is 15.6. The molecule has 0 spiro atoms. The first kappa shape index (κ1) is 30.9. The molecule has 0 amide bonds. The SMILES string of the molecule is [2H]C([2H])([2H])c1c[c-]c(-c2ccc(C([2H])([2H])C(C)(C)C)cn2)cc1-c1ccccc1.[2H]C([2H])([2H])c1ccc2c(n1)oc1c(/C(C)=C/C(=C\C=[N-])c3ccc(C([2H])([2H])C(C)(C)C)cc3)[c-]ccc12.[Ir+3]. The number of pyridine rings is 2. The Hall–Kier alpha value is -5.22. The second kappa shape index (κ2) is 18.4. The number of aryl methyl sites for hydroxylation is 2. The van der Waals surface area contributed by atoms with E-state index in [1.807, 2.05) is 103 Å². The molecule has 4 nitrogen and oxygen atoms in total. The number of benzene rings is 4. The molecule has 5 heteroatoms. The van der Waals surface area contributed by atoms with E-state index in [-0.39, 0.29) is 37.1 Å². The topological polar surface area (TPSA) is 61.2 Å². The van der Waals surface area contributed by atoms with E-state index < -0.39 is 37.3 Å². The summed E-state index contributed by atoms with van der Waals surface area (Å²) >= 11 is 0. The Morgan fingerprint density at radius 1 is 0.842 bits per heavy atom. The van der Waals surface area contributed by atoms with Gasteiger partial charge < -0.3 is 14.8 Å². The molecule has 3 heterocycles. The molecule has 0 bridgehead atoms. The molecule has 3 aromatic heterocycles. The van der Waals surface area contributed by atoms with E-state index in [4.69, 9.17) is 18.1 Å². The summed E-state index contributed by atoms with van der Waals surface area (Å²) in [4.78, 5) is 8.67. The van der Waals surface area contributed by atoms with Crippen LogP contribution in [0.4, 0.5) is 0 Å². The third-order valence-electron chi connectivity index (χ3n) is 8.65. The zero-order valence-electron chi connectivity index (χ0n) is 43.2. The fourth-order valence-corrected chi connectivity index (χ4v) is 6.26. The van der Waals surface area contributed by atoms with E-state index in [0.717, 1.165) is 28.3 Å². The van der Waals surface area contributed by atoms with Crippen LogP contribution in [0.25, 0.3) is 61.0 Å². The molecule has 0 saturated carbocycles. The van der Waals surface area contributed by atoms with Gasteiger partial charge in [0.2, 0.25) is 5.71 Å². The van der Waals surface area contributed by atoms with Gasteiger partial charge >= 0.3 is 20.1 Å². The largest absolute Gasteiger partial charge is 3.00 e. The van der Waals surface area contributed by atoms with Gasteiger partial charge in [0.05, 0.1) is 5.58 Å². The third kappa shape index (κ3) is 11.2. The molecule has 0 saturated heterocycles. The van der Waals surface area contributed by atoms with Crippen LogP contribution in [0.3, 0.4) is 0 Å². The van der Waals surface area contributed by atoms with Crippen LogP contribution in [0, 0.1) is 36.7 Å². The summed E-state index contributed by atoms with van der Waals surface area (Å²) < 4.78 is 86.3. The van der Waals surface area contributed by atoms with Gasteiger partial charge in [0.15, 0.2) is 0 Å². The second-order valence-corrected chi connectivity index (χ2v) is 15.6. The van der Waals surface area contributed by atoms with Crippen molar-refractivity contribution in [1.82, 2.24) is 9.97 Å². The molecule has 0 aliphatic heterocycles. The van der Waals surface area contributed by atoms with E-state index >= 15 is 0 Å². The predicted octanol–water partition coefficient (Wildman–Crippen LogP) is 13.9. The summed E-state index contributed by atoms with van der Waals surface area (Å²) in [5.74, 6) is 0. The van der Waals surface area contributed by atoms with Gasteiger partial charge in [-0.2, -0.15) is 6.21 Å². The summed E-state index contributed by atoms with van der Waals surface area (Å²) in [6.07, 6.45) is 2.94. The fraction of sp³-hybridized carbons (Fsp3) is 0.250. The Kier molecular flexibility index (Phi) is 9.94. The van der Waals surface area contributed by atoms with Gasteiger partial charge in [0, 0.05) is 31.0 Å². The molecule has 0 N–H and O–H groups in total. The van der Waals surface area contributed by atoms with Gasteiger partial charge in [-0.25, -0.2) is 4.98 Å². The minimum Gasteiger partial charge on any atom is -0.811 e. The first-order valence-electron chi connectivity index (χ1n) is 23.5. The number of furan rings is 1. The third-order valence-corrected chi connectivity index (χ3v) is 8.65. The minimum absolute atomic E-state index is 0. The summed E-state index contributed by atoms with van der Waals surface area (Å²) in [5, 5.41) is 11.1. The number of aromatic nitrogens is 2. The standard InChI is InChI=1S/C29H28N2O.C23H24N.Ir/c1-19(17-23(15-16-30)22-12-10-21(11-13-22)18-29(3,4)5)24-7-6-8-25-26-14-9-20(2)31-28(26)32-27(24)25;1-17-10-12-20(14-21(17)19-8-6-5-7-9-19)22-13-11-18(16-24-22)15-23(2,3)4;/h6,8-17H,18H2,1-5H3;5-11,13-14,16H,15H2,1-4H3;/q-2;-1;+3/b19-17+,23-15+;;/i2D3,18D2;1D3,15D2;. The van der Waals surface area contributed by atoms with Crippen LogP contribution in [0.1, 0.15) is 95.7 Å². The van der Waals surface area contributed by atoms with Gasteiger partial charge in [-0.1, -0.05) is 145 Å². The number of hydrogen-bond donors (Lipinski definition) is 0. The zero-order chi connectivity index (χ0) is 48.6. The van der Waals surface area contributed by atoms with Crippen LogP contribution >= 0.6 is 0 Å². The van der Waals surface area contributed by atoms with Crippen molar-refractivity contribution >= 4 is 39.4 Å². The van der Waals surface area contributed by atoms with Crippen molar-refractivity contribution < 1.29 is 38.2 Å².